The molecule has 1 saturated heterocycles. The van der Waals surface area contributed by atoms with Crippen molar-refractivity contribution < 1.29 is 5.11 Å². The molecule has 2 rings (SSSR count). The molecule has 1 aliphatic heterocycles. The number of benzene rings is 1. The molecule has 1 aromatic carbocycles. The summed E-state index contributed by atoms with van der Waals surface area (Å²) in [5.74, 6) is 0. The number of hydrogen-bond acceptors (Lipinski definition) is 4. The summed E-state index contributed by atoms with van der Waals surface area (Å²) in [6, 6.07) is 6.11. The van der Waals surface area contributed by atoms with Crippen LogP contribution >= 0.6 is 11.6 Å². The van der Waals surface area contributed by atoms with Crippen LogP contribution < -0.4 is 10.6 Å². The number of anilines is 1. The zero-order valence-corrected chi connectivity index (χ0v) is 12.8. The maximum absolute atomic E-state index is 9.03. The zero-order valence-electron chi connectivity index (χ0n) is 12.1. The van der Waals surface area contributed by atoms with Gasteiger partial charge in [-0.1, -0.05) is 17.7 Å². The van der Waals surface area contributed by atoms with E-state index in [9.17, 15) is 0 Å². The molecule has 0 bridgehead atoms. The Morgan fingerprint density at radius 2 is 2.10 bits per heavy atom. The molecule has 1 aliphatic rings. The average molecular weight is 298 g/mol. The SMILES string of the molecule is C[C@@H](N)c1ccc(N2CCCN(CCO)CC2)c(Cl)c1. The second-order valence-electron chi connectivity index (χ2n) is 5.41. The molecule has 0 unspecified atom stereocenters. The average Bonchev–Trinajstić information content (AvgIpc) is 2.65. The lowest BCUT2D eigenvalue weighted by Gasteiger charge is -2.25. The van der Waals surface area contributed by atoms with Gasteiger partial charge in [0.15, 0.2) is 0 Å². The second-order valence-corrected chi connectivity index (χ2v) is 5.81. The lowest BCUT2D eigenvalue weighted by molar-refractivity contribution is 0.204. The second kappa shape index (κ2) is 7.27. The van der Waals surface area contributed by atoms with Gasteiger partial charge in [-0.15, -0.1) is 0 Å². The summed E-state index contributed by atoms with van der Waals surface area (Å²) in [4.78, 5) is 4.62. The van der Waals surface area contributed by atoms with Crippen molar-refractivity contribution in [1.82, 2.24) is 4.90 Å². The molecule has 112 valence electrons. The maximum Gasteiger partial charge on any atom is 0.0642 e. The largest absolute Gasteiger partial charge is 0.395 e. The van der Waals surface area contributed by atoms with Gasteiger partial charge in [-0.2, -0.15) is 0 Å². The Kier molecular flexibility index (Phi) is 5.66. The molecule has 0 amide bonds. The Balaban J connectivity index is 2.07. The van der Waals surface area contributed by atoms with Crippen molar-refractivity contribution >= 4 is 17.3 Å². The molecule has 0 saturated carbocycles. The van der Waals surface area contributed by atoms with Crippen molar-refractivity contribution in [1.29, 1.82) is 0 Å². The molecule has 1 heterocycles. The fourth-order valence-electron chi connectivity index (χ4n) is 2.64. The quantitative estimate of drug-likeness (QED) is 0.891. The lowest BCUT2D eigenvalue weighted by Crippen LogP contribution is -2.32. The van der Waals surface area contributed by atoms with Crippen LogP contribution in [0.3, 0.4) is 0 Å². The molecule has 4 nitrogen and oxygen atoms in total. The normalized spacial score (nSPS) is 18.9. The van der Waals surface area contributed by atoms with Crippen LogP contribution in [0.2, 0.25) is 5.02 Å². The van der Waals surface area contributed by atoms with Crippen molar-refractivity contribution in [3.05, 3.63) is 28.8 Å². The number of aliphatic hydroxyl groups excluding tert-OH is 1. The van der Waals surface area contributed by atoms with Gasteiger partial charge >= 0.3 is 0 Å². The first kappa shape index (κ1) is 15.6. The Labute approximate surface area is 126 Å². The minimum Gasteiger partial charge on any atom is -0.395 e. The van der Waals surface area contributed by atoms with Gasteiger partial charge in [-0.25, -0.2) is 0 Å². The standard InChI is InChI=1S/C15H24ClN3O/c1-12(17)13-3-4-15(14(16)11-13)19-6-2-5-18(7-8-19)9-10-20/h3-4,11-12,20H,2,5-10,17H2,1H3/t12-/m1/s1. The monoisotopic (exact) mass is 297 g/mol. The van der Waals surface area contributed by atoms with E-state index in [0.717, 1.165) is 55.4 Å². The van der Waals surface area contributed by atoms with Crippen LogP contribution in [0.25, 0.3) is 0 Å². The van der Waals surface area contributed by atoms with E-state index in [-0.39, 0.29) is 12.6 Å². The third-order valence-corrected chi connectivity index (χ3v) is 4.15. The number of nitrogens with zero attached hydrogens (tertiary/aromatic N) is 2. The van der Waals surface area contributed by atoms with Crippen molar-refractivity contribution in [2.24, 2.45) is 5.73 Å². The molecule has 0 spiro atoms. The fraction of sp³-hybridized carbons (Fsp3) is 0.600. The minimum absolute atomic E-state index is 0.00530. The van der Waals surface area contributed by atoms with Gasteiger partial charge < -0.3 is 15.7 Å². The maximum atomic E-state index is 9.03. The Bertz CT molecular complexity index is 439. The molecule has 5 heteroatoms. The predicted octanol–water partition coefficient (Wildman–Crippen LogP) is 1.86. The van der Waals surface area contributed by atoms with Crippen LogP contribution in [0, 0.1) is 0 Å². The van der Waals surface area contributed by atoms with Gasteiger partial charge in [-0.05, 0) is 37.6 Å². The Morgan fingerprint density at radius 3 is 2.75 bits per heavy atom. The van der Waals surface area contributed by atoms with Gasteiger partial charge in [0.2, 0.25) is 0 Å². The van der Waals surface area contributed by atoms with E-state index in [2.05, 4.69) is 21.9 Å². The van der Waals surface area contributed by atoms with Crippen molar-refractivity contribution in [2.75, 3.05) is 44.2 Å². The molecule has 0 aromatic heterocycles. The van der Waals surface area contributed by atoms with Crippen molar-refractivity contribution in [3.8, 4) is 0 Å². The van der Waals surface area contributed by atoms with E-state index in [1.807, 2.05) is 13.0 Å². The van der Waals surface area contributed by atoms with Crippen LogP contribution in [-0.2, 0) is 0 Å². The number of rotatable bonds is 4. The van der Waals surface area contributed by atoms with Crippen LogP contribution in [0.15, 0.2) is 18.2 Å². The smallest absolute Gasteiger partial charge is 0.0642 e. The van der Waals surface area contributed by atoms with Gasteiger partial charge in [0.1, 0.15) is 0 Å². The molecule has 1 atom stereocenters. The fourth-order valence-corrected chi connectivity index (χ4v) is 2.95. The summed E-state index contributed by atoms with van der Waals surface area (Å²) in [7, 11) is 0. The summed E-state index contributed by atoms with van der Waals surface area (Å²) < 4.78 is 0. The van der Waals surface area contributed by atoms with E-state index in [1.54, 1.807) is 0 Å². The van der Waals surface area contributed by atoms with Gasteiger partial charge in [0.05, 0.1) is 17.3 Å². The molecule has 3 N–H and O–H groups in total. The van der Waals surface area contributed by atoms with Crippen LogP contribution in [0.4, 0.5) is 5.69 Å². The van der Waals surface area contributed by atoms with E-state index >= 15 is 0 Å². The highest BCUT2D eigenvalue weighted by molar-refractivity contribution is 6.33. The molecular formula is C15H24ClN3O. The first-order valence-corrected chi connectivity index (χ1v) is 7.63. The highest BCUT2D eigenvalue weighted by Gasteiger charge is 2.17. The first-order valence-electron chi connectivity index (χ1n) is 7.25. The van der Waals surface area contributed by atoms with Crippen molar-refractivity contribution in [2.45, 2.75) is 19.4 Å². The van der Waals surface area contributed by atoms with Crippen molar-refractivity contribution in [3.63, 3.8) is 0 Å². The number of hydrogen-bond donors (Lipinski definition) is 2. The predicted molar refractivity (Wildman–Crippen MR) is 84.4 cm³/mol. The number of halogens is 1. The molecule has 20 heavy (non-hydrogen) atoms. The zero-order chi connectivity index (χ0) is 14.5. The minimum atomic E-state index is 0.00530. The third kappa shape index (κ3) is 3.85. The van der Waals surface area contributed by atoms with Crippen LogP contribution in [0.5, 0.6) is 0 Å². The first-order chi connectivity index (χ1) is 9.61. The topological polar surface area (TPSA) is 52.7 Å². The third-order valence-electron chi connectivity index (χ3n) is 3.84. The van der Waals surface area contributed by atoms with E-state index in [4.69, 9.17) is 22.4 Å². The van der Waals surface area contributed by atoms with E-state index in [0.29, 0.717) is 0 Å². The van der Waals surface area contributed by atoms with Gasteiger partial charge in [-0.3, -0.25) is 4.90 Å². The summed E-state index contributed by atoms with van der Waals surface area (Å²) in [5.41, 5.74) is 8.04. The number of aliphatic hydroxyl groups is 1. The number of β-amino-alcohol motifs (C(OH)–C–C–N with tert-alkyl or cyclic N) is 1. The Morgan fingerprint density at radius 1 is 1.30 bits per heavy atom. The molecular weight excluding hydrogens is 274 g/mol. The van der Waals surface area contributed by atoms with E-state index < -0.39 is 0 Å². The van der Waals surface area contributed by atoms with Crippen LogP contribution in [0.1, 0.15) is 24.9 Å². The summed E-state index contributed by atoms with van der Waals surface area (Å²) in [6.07, 6.45) is 1.09. The highest BCUT2D eigenvalue weighted by atomic mass is 35.5. The summed E-state index contributed by atoms with van der Waals surface area (Å²) >= 11 is 6.41. The highest BCUT2D eigenvalue weighted by Crippen LogP contribution is 2.29. The van der Waals surface area contributed by atoms with Crippen LogP contribution in [-0.4, -0.2) is 49.3 Å². The molecule has 0 radical (unpaired) electrons. The molecule has 1 fully saturated rings. The van der Waals surface area contributed by atoms with E-state index in [1.165, 1.54) is 0 Å². The van der Waals surface area contributed by atoms with Gasteiger partial charge in [0.25, 0.3) is 0 Å². The molecule has 0 aliphatic carbocycles. The summed E-state index contributed by atoms with van der Waals surface area (Å²) in [5, 5.41) is 9.81. The summed E-state index contributed by atoms with van der Waals surface area (Å²) in [6.45, 7) is 6.88. The number of nitrogens with two attached hydrogens (primary N) is 1. The Hall–Kier alpha value is -0.810. The lowest BCUT2D eigenvalue weighted by atomic mass is 10.1. The van der Waals surface area contributed by atoms with Gasteiger partial charge in [0, 0.05) is 32.2 Å². The molecule has 1 aromatic rings.